The van der Waals surface area contributed by atoms with E-state index < -0.39 is 23.5 Å². The number of hydrogen-bond acceptors (Lipinski definition) is 5. The number of rotatable bonds is 6. The molecule has 7 heteroatoms. The molecule has 0 aliphatic carbocycles. The first-order chi connectivity index (χ1) is 14.2. The summed E-state index contributed by atoms with van der Waals surface area (Å²) < 4.78 is 13.3. The number of carbonyl (C=O) groups is 2. The van der Waals surface area contributed by atoms with E-state index in [9.17, 15) is 19.1 Å². The number of hydrogen-bond donors (Lipinski definition) is 1. The number of halogens is 1. The normalized spacial score (nSPS) is 18.3. The highest BCUT2D eigenvalue weighted by Crippen LogP contribution is 2.39. The molecule has 1 fully saturated rings. The minimum absolute atomic E-state index is 0.0166. The molecule has 0 bridgehead atoms. The van der Waals surface area contributed by atoms with E-state index in [4.69, 9.17) is 0 Å². The zero-order valence-corrected chi connectivity index (χ0v) is 17.6. The number of carbonyl (C=O) groups excluding carboxylic acids is 2. The largest absolute Gasteiger partial charge is 0.507 e. The number of likely N-dealkylation sites (tertiary alicyclic amines) is 1. The van der Waals surface area contributed by atoms with Crippen molar-refractivity contribution in [2.75, 3.05) is 46.2 Å². The predicted octanol–water partition coefficient (Wildman–Crippen LogP) is 2.88. The first-order valence-electron chi connectivity index (χ1n) is 9.67. The SMILES string of the molecule is CN(C)CCN1C(=O)C(=O)/C(=C(\O)c2ccc(F)cc2)C1c1ccc(N(C)C)cc1. The van der Waals surface area contributed by atoms with E-state index in [0.717, 1.165) is 11.3 Å². The number of aliphatic hydroxyl groups is 1. The van der Waals surface area contributed by atoms with Crippen molar-refractivity contribution in [1.29, 1.82) is 0 Å². The van der Waals surface area contributed by atoms with Crippen LogP contribution in [0.4, 0.5) is 10.1 Å². The van der Waals surface area contributed by atoms with Crippen LogP contribution in [0.1, 0.15) is 17.2 Å². The van der Waals surface area contributed by atoms with Crippen LogP contribution in [0, 0.1) is 5.82 Å². The van der Waals surface area contributed by atoms with Crippen molar-refractivity contribution in [3.8, 4) is 0 Å². The zero-order valence-electron chi connectivity index (χ0n) is 17.6. The average Bonchev–Trinajstić information content (AvgIpc) is 2.97. The van der Waals surface area contributed by atoms with E-state index >= 15 is 0 Å². The number of amides is 1. The fourth-order valence-electron chi connectivity index (χ4n) is 3.48. The molecule has 0 spiro atoms. The second-order valence-electron chi connectivity index (χ2n) is 7.79. The van der Waals surface area contributed by atoms with Crippen molar-refractivity contribution < 1.29 is 19.1 Å². The average molecular weight is 411 g/mol. The van der Waals surface area contributed by atoms with E-state index in [1.54, 1.807) is 0 Å². The molecule has 3 rings (SSSR count). The van der Waals surface area contributed by atoms with Gasteiger partial charge in [0.25, 0.3) is 11.7 Å². The Morgan fingerprint density at radius 1 is 1.00 bits per heavy atom. The van der Waals surface area contributed by atoms with Gasteiger partial charge in [0, 0.05) is 38.4 Å². The Labute approximate surface area is 175 Å². The van der Waals surface area contributed by atoms with E-state index in [1.807, 2.05) is 62.3 Å². The molecule has 1 aliphatic heterocycles. The lowest BCUT2D eigenvalue weighted by Crippen LogP contribution is -2.35. The summed E-state index contributed by atoms with van der Waals surface area (Å²) in [7, 11) is 7.62. The molecule has 158 valence electrons. The lowest BCUT2D eigenvalue weighted by Gasteiger charge is -2.27. The van der Waals surface area contributed by atoms with Crippen LogP contribution in [0.25, 0.3) is 5.76 Å². The molecule has 1 amide bonds. The topological polar surface area (TPSA) is 64.1 Å². The van der Waals surface area contributed by atoms with Crippen molar-refractivity contribution >= 4 is 23.1 Å². The summed E-state index contributed by atoms with van der Waals surface area (Å²) in [6.07, 6.45) is 0. The molecule has 6 nitrogen and oxygen atoms in total. The number of benzene rings is 2. The van der Waals surface area contributed by atoms with Crippen molar-refractivity contribution in [3.05, 3.63) is 71.0 Å². The third kappa shape index (κ3) is 4.21. The molecule has 1 heterocycles. The van der Waals surface area contributed by atoms with Gasteiger partial charge in [-0.3, -0.25) is 9.59 Å². The van der Waals surface area contributed by atoms with Crippen molar-refractivity contribution in [1.82, 2.24) is 9.80 Å². The maximum atomic E-state index is 13.3. The van der Waals surface area contributed by atoms with Gasteiger partial charge in [0.1, 0.15) is 11.6 Å². The van der Waals surface area contributed by atoms with E-state index in [-0.39, 0.29) is 16.9 Å². The van der Waals surface area contributed by atoms with Crippen molar-refractivity contribution in [2.24, 2.45) is 0 Å². The first kappa shape index (κ1) is 21.5. The molecule has 1 unspecified atom stereocenters. The van der Waals surface area contributed by atoms with Crippen LogP contribution in [0.5, 0.6) is 0 Å². The van der Waals surface area contributed by atoms with Gasteiger partial charge < -0.3 is 19.8 Å². The number of ketones is 1. The Hall–Kier alpha value is -3.19. The Morgan fingerprint density at radius 2 is 1.60 bits per heavy atom. The number of anilines is 1. The first-order valence-corrected chi connectivity index (χ1v) is 9.67. The summed E-state index contributed by atoms with van der Waals surface area (Å²) in [5, 5.41) is 10.9. The van der Waals surface area contributed by atoms with Crippen LogP contribution in [0.15, 0.2) is 54.1 Å². The molecule has 1 saturated heterocycles. The molecular formula is C23H26FN3O3. The van der Waals surface area contributed by atoms with E-state index in [2.05, 4.69) is 0 Å². The van der Waals surface area contributed by atoms with Gasteiger partial charge in [-0.25, -0.2) is 4.39 Å². The van der Waals surface area contributed by atoms with Gasteiger partial charge in [-0.15, -0.1) is 0 Å². The molecule has 2 aromatic rings. The second kappa shape index (κ2) is 8.67. The van der Waals surface area contributed by atoms with Gasteiger partial charge in [0.05, 0.1) is 11.6 Å². The fraction of sp³-hybridized carbons (Fsp3) is 0.304. The maximum Gasteiger partial charge on any atom is 0.295 e. The minimum atomic E-state index is -0.739. The summed E-state index contributed by atoms with van der Waals surface area (Å²) in [5.74, 6) is -2.14. The molecule has 0 radical (unpaired) electrons. The summed E-state index contributed by atoms with van der Waals surface area (Å²) in [4.78, 5) is 31.1. The Bertz CT molecular complexity index is 966. The third-order valence-corrected chi connectivity index (χ3v) is 5.17. The van der Waals surface area contributed by atoms with Crippen LogP contribution >= 0.6 is 0 Å². The van der Waals surface area contributed by atoms with Crippen molar-refractivity contribution in [3.63, 3.8) is 0 Å². The highest BCUT2D eigenvalue weighted by molar-refractivity contribution is 6.46. The second-order valence-corrected chi connectivity index (χ2v) is 7.79. The lowest BCUT2D eigenvalue weighted by molar-refractivity contribution is -0.140. The summed E-state index contributed by atoms with van der Waals surface area (Å²) >= 11 is 0. The monoisotopic (exact) mass is 411 g/mol. The van der Waals surface area contributed by atoms with E-state index in [1.165, 1.54) is 29.2 Å². The number of Topliss-reactive ketones (excluding diaryl/α,β-unsaturated/α-hetero) is 1. The highest BCUT2D eigenvalue weighted by atomic mass is 19.1. The Balaban J connectivity index is 2.12. The van der Waals surface area contributed by atoms with Crippen molar-refractivity contribution in [2.45, 2.75) is 6.04 Å². The predicted molar refractivity (Wildman–Crippen MR) is 115 cm³/mol. The van der Waals surface area contributed by atoms with Gasteiger partial charge >= 0.3 is 0 Å². The molecule has 2 aromatic carbocycles. The summed E-state index contributed by atoms with van der Waals surface area (Å²) in [6.45, 7) is 0.897. The Morgan fingerprint density at radius 3 is 2.13 bits per heavy atom. The zero-order chi connectivity index (χ0) is 22.0. The van der Waals surface area contributed by atoms with Gasteiger partial charge in [0.2, 0.25) is 0 Å². The van der Waals surface area contributed by atoms with Gasteiger partial charge in [-0.2, -0.15) is 0 Å². The molecule has 1 atom stereocenters. The number of likely N-dealkylation sites (N-methyl/N-ethyl adjacent to an activating group) is 1. The van der Waals surface area contributed by atoms with Gasteiger partial charge in [-0.1, -0.05) is 12.1 Å². The third-order valence-electron chi connectivity index (χ3n) is 5.17. The van der Waals surface area contributed by atoms with Crippen LogP contribution in [-0.4, -0.2) is 67.9 Å². The summed E-state index contributed by atoms with van der Waals surface area (Å²) in [5.41, 5.74) is 2.00. The van der Waals surface area contributed by atoms with Crippen LogP contribution in [-0.2, 0) is 9.59 Å². The molecular weight excluding hydrogens is 385 g/mol. The smallest absolute Gasteiger partial charge is 0.295 e. The quantitative estimate of drug-likeness (QED) is 0.450. The maximum absolute atomic E-state index is 13.3. The van der Waals surface area contributed by atoms with E-state index in [0.29, 0.717) is 13.1 Å². The number of nitrogens with zero attached hydrogens (tertiary/aromatic N) is 3. The fourth-order valence-corrected chi connectivity index (χ4v) is 3.48. The van der Waals surface area contributed by atoms with Crippen LogP contribution in [0.3, 0.4) is 0 Å². The van der Waals surface area contributed by atoms with Crippen LogP contribution < -0.4 is 4.90 Å². The molecule has 0 aromatic heterocycles. The lowest BCUT2D eigenvalue weighted by atomic mass is 9.95. The van der Waals surface area contributed by atoms with Gasteiger partial charge in [0.15, 0.2) is 0 Å². The highest BCUT2D eigenvalue weighted by Gasteiger charge is 2.45. The number of aliphatic hydroxyl groups excluding tert-OH is 1. The Kier molecular flexibility index (Phi) is 6.22. The molecule has 0 saturated carbocycles. The van der Waals surface area contributed by atoms with Crippen LogP contribution in [0.2, 0.25) is 0 Å². The summed E-state index contributed by atoms with van der Waals surface area (Å²) in [6, 6.07) is 12.0. The van der Waals surface area contributed by atoms with Gasteiger partial charge in [-0.05, 0) is 56.1 Å². The standard InChI is InChI=1S/C23H26FN3O3/c1-25(2)13-14-27-20(15-7-11-18(12-8-15)26(3)4)19(22(29)23(27)30)21(28)16-5-9-17(24)10-6-16/h5-12,20,28H,13-14H2,1-4H3/b21-19-. The molecule has 1 aliphatic rings. The molecule has 30 heavy (non-hydrogen) atoms. The molecule has 1 N–H and O–H groups in total. The minimum Gasteiger partial charge on any atom is -0.507 e.